The third-order valence-electron chi connectivity index (χ3n) is 7.15. The molecule has 4 heteroatoms. The van der Waals surface area contributed by atoms with Crippen LogP contribution in [0.1, 0.15) is 59.8 Å². The molecule has 1 heterocycles. The smallest absolute Gasteiger partial charge is 0.126 e. The third kappa shape index (κ3) is 6.79. The van der Waals surface area contributed by atoms with Crippen LogP contribution in [0.25, 0.3) is 0 Å². The summed E-state index contributed by atoms with van der Waals surface area (Å²) in [4.78, 5) is 0. The number of hydrogen-bond acceptors (Lipinski definition) is 3. The Labute approximate surface area is 234 Å². The molecule has 0 spiro atoms. The molecule has 1 aliphatic rings. The molecule has 2 atom stereocenters. The molecule has 1 aliphatic heterocycles. The van der Waals surface area contributed by atoms with Crippen molar-refractivity contribution in [3.8, 4) is 17.2 Å². The van der Waals surface area contributed by atoms with Crippen molar-refractivity contribution in [3.05, 3.63) is 125 Å². The highest BCUT2D eigenvalue weighted by atomic mass is 79.9. The summed E-state index contributed by atoms with van der Waals surface area (Å²) in [6.07, 6.45) is 4.77. The third-order valence-corrected chi connectivity index (χ3v) is 7.71. The van der Waals surface area contributed by atoms with E-state index in [-0.39, 0.29) is 11.8 Å². The summed E-state index contributed by atoms with van der Waals surface area (Å²) in [6, 6.07) is 35.9. The van der Waals surface area contributed by atoms with Crippen molar-refractivity contribution < 1.29 is 14.2 Å². The summed E-state index contributed by atoms with van der Waals surface area (Å²) in [6.45, 7) is 1.92. The van der Waals surface area contributed by atoms with Crippen LogP contribution in [-0.4, -0.2) is 18.5 Å². The van der Waals surface area contributed by atoms with Crippen molar-refractivity contribution in [1.29, 1.82) is 0 Å². The van der Waals surface area contributed by atoms with Crippen molar-refractivity contribution >= 4 is 15.9 Å². The number of ether oxygens (including phenoxy) is 3. The van der Waals surface area contributed by atoms with Crippen LogP contribution in [0.2, 0.25) is 0 Å². The van der Waals surface area contributed by atoms with Crippen molar-refractivity contribution in [2.24, 2.45) is 0 Å². The molecule has 0 saturated carbocycles. The number of unbranched alkanes of at least 4 members (excludes halogenated alkanes) is 3. The molecule has 0 aliphatic carbocycles. The minimum absolute atomic E-state index is 0.183. The second kappa shape index (κ2) is 13.5. The summed E-state index contributed by atoms with van der Waals surface area (Å²) in [5, 5.41) is 1.08. The van der Waals surface area contributed by atoms with E-state index >= 15 is 0 Å². The fraction of sp³-hybridized carbons (Fsp3) is 0.294. The van der Waals surface area contributed by atoms with Gasteiger partial charge in [0.15, 0.2) is 0 Å². The van der Waals surface area contributed by atoms with Gasteiger partial charge in [-0.25, -0.2) is 0 Å². The highest BCUT2D eigenvalue weighted by Crippen LogP contribution is 2.47. The summed E-state index contributed by atoms with van der Waals surface area (Å²) in [5.74, 6) is 3.06. The van der Waals surface area contributed by atoms with Gasteiger partial charge in [0.25, 0.3) is 0 Å². The zero-order valence-corrected chi connectivity index (χ0v) is 23.3. The first-order valence-corrected chi connectivity index (χ1v) is 14.7. The summed E-state index contributed by atoms with van der Waals surface area (Å²) < 4.78 is 18.5. The van der Waals surface area contributed by atoms with Crippen LogP contribution < -0.4 is 14.2 Å². The molecule has 3 nitrogen and oxygen atoms in total. The monoisotopic (exact) mass is 570 g/mol. The molecule has 196 valence electrons. The Bertz CT molecular complexity index is 1260. The number of alkyl halides is 1. The van der Waals surface area contributed by atoms with Crippen molar-refractivity contribution in [3.63, 3.8) is 0 Å². The minimum Gasteiger partial charge on any atom is -0.494 e. The van der Waals surface area contributed by atoms with Crippen LogP contribution in [0.15, 0.2) is 103 Å². The van der Waals surface area contributed by atoms with E-state index in [0.717, 1.165) is 41.2 Å². The first-order valence-electron chi connectivity index (χ1n) is 13.6. The van der Waals surface area contributed by atoms with E-state index in [1.807, 2.05) is 24.3 Å². The Morgan fingerprint density at radius 3 is 2.16 bits per heavy atom. The van der Waals surface area contributed by atoms with Crippen molar-refractivity contribution in [2.75, 3.05) is 18.5 Å². The minimum atomic E-state index is 0.183. The maximum Gasteiger partial charge on any atom is 0.126 e. The van der Waals surface area contributed by atoms with Gasteiger partial charge in [0.05, 0.1) is 13.2 Å². The number of rotatable bonds is 12. The van der Waals surface area contributed by atoms with Gasteiger partial charge in [0, 0.05) is 28.8 Å². The molecule has 0 N–H and O–H groups in total. The lowest BCUT2D eigenvalue weighted by Gasteiger charge is -2.34. The van der Waals surface area contributed by atoms with E-state index in [2.05, 4.69) is 94.8 Å². The van der Waals surface area contributed by atoms with Gasteiger partial charge in [-0.2, -0.15) is 0 Å². The van der Waals surface area contributed by atoms with E-state index in [0.29, 0.717) is 13.2 Å². The zero-order chi connectivity index (χ0) is 26.0. The predicted molar refractivity (Wildman–Crippen MR) is 158 cm³/mol. The van der Waals surface area contributed by atoms with Gasteiger partial charge in [-0.05, 0) is 47.7 Å². The topological polar surface area (TPSA) is 27.7 Å². The average molecular weight is 572 g/mol. The molecular formula is C34H35BrO3. The zero-order valence-electron chi connectivity index (χ0n) is 21.7. The second-order valence-electron chi connectivity index (χ2n) is 9.80. The molecule has 2 unspecified atom stereocenters. The Hall–Kier alpha value is -3.24. The molecule has 4 aromatic carbocycles. The van der Waals surface area contributed by atoms with Gasteiger partial charge < -0.3 is 14.2 Å². The van der Waals surface area contributed by atoms with Crippen molar-refractivity contribution in [2.45, 2.75) is 44.1 Å². The predicted octanol–water partition coefficient (Wildman–Crippen LogP) is 8.91. The largest absolute Gasteiger partial charge is 0.494 e. The van der Waals surface area contributed by atoms with Gasteiger partial charge in [0.2, 0.25) is 0 Å². The van der Waals surface area contributed by atoms with Crippen LogP contribution in [0.5, 0.6) is 17.2 Å². The number of fused-ring (bicyclic) bond motifs is 1. The number of hydrogen-bond donors (Lipinski definition) is 0. The maximum absolute atomic E-state index is 6.34. The molecule has 0 amide bonds. The Morgan fingerprint density at radius 2 is 1.39 bits per heavy atom. The van der Waals surface area contributed by atoms with E-state index in [9.17, 15) is 0 Å². The Morgan fingerprint density at radius 1 is 0.684 bits per heavy atom. The van der Waals surface area contributed by atoms with Gasteiger partial charge in [0.1, 0.15) is 23.9 Å². The van der Waals surface area contributed by atoms with Crippen LogP contribution >= 0.6 is 15.9 Å². The van der Waals surface area contributed by atoms with Crippen LogP contribution in [0.3, 0.4) is 0 Å². The van der Waals surface area contributed by atoms with E-state index < -0.39 is 0 Å². The lowest BCUT2D eigenvalue weighted by atomic mass is 9.76. The molecule has 38 heavy (non-hydrogen) atoms. The molecule has 0 fully saturated rings. The fourth-order valence-electron chi connectivity index (χ4n) is 5.13. The van der Waals surface area contributed by atoms with Gasteiger partial charge in [-0.3, -0.25) is 0 Å². The molecule has 0 saturated heterocycles. The first kappa shape index (κ1) is 26.4. The van der Waals surface area contributed by atoms with Gasteiger partial charge in [-0.15, -0.1) is 0 Å². The molecule has 4 aromatic rings. The summed E-state index contributed by atoms with van der Waals surface area (Å²) >= 11 is 3.50. The van der Waals surface area contributed by atoms with E-state index in [4.69, 9.17) is 14.2 Å². The van der Waals surface area contributed by atoms with Gasteiger partial charge in [-0.1, -0.05) is 108 Å². The number of halogens is 1. The average Bonchev–Trinajstić information content (AvgIpc) is 2.98. The Kier molecular flexibility index (Phi) is 9.39. The second-order valence-corrected chi connectivity index (χ2v) is 10.6. The molecule has 0 radical (unpaired) electrons. The highest BCUT2D eigenvalue weighted by molar-refractivity contribution is 9.09. The standard InChI is InChI=1S/C34H35BrO3/c35-21-9-1-2-10-22-36-29-17-15-28(16-18-29)34-31-20-19-30(37-24-26-11-5-3-6-12-26)23-33(31)38-25-32(34)27-13-7-4-8-14-27/h3-8,11-20,23,32,34H,1-2,9-10,21-22,24-25H2. The molecular weight excluding hydrogens is 536 g/mol. The van der Waals surface area contributed by atoms with Crippen LogP contribution in [0, 0.1) is 0 Å². The highest BCUT2D eigenvalue weighted by Gasteiger charge is 2.33. The van der Waals surface area contributed by atoms with Crippen LogP contribution in [-0.2, 0) is 6.61 Å². The Balaban J connectivity index is 1.34. The molecule has 0 aromatic heterocycles. The normalized spacial score (nSPS) is 16.3. The van der Waals surface area contributed by atoms with Crippen molar-refractivity contribution in [1.82, 2.24) is 0 Å². The lowest BCUT2D eigenvalue weighted by molar-refractivity contribution is 0.245. The first-order chi connectivity index (χ1) is 18.8. The number of benzene rings is 4. The lowest BCUT2D eigenvalue weighted by Crippen LogP contribution is -2.25. The maximum atomic E-state index is 6.34. The van der Waals surface area contributed by atoms with Crippen LogP contribution in [0.4, 0.5) is 0 Å². The van der Waals surface area contributed by atoms with Gasteiger partial charge >= 0.3 is 0 Å². The summed E-state index contributed by atoms with van der Waals surface area (Å²) in [5.41, 5.74) is 4.90. The summed E-state index contributed by atoms with van der Waals surface area (Å²) in [7, 11) is 0. The van der Waals surface area contributed by atoms with E-state index in [1.54, 1.807) is 0 Å². The fourth-order valence-corrected chi connectivity index (χ4v) is 5.53. The van der Waals surface area contributed by atoms with E-state index in [1.165, 1.54) is 36.0 Å². The SMILES string of the molecule is BrCCCCCCOc1ccc(C2c3ccc(OCc4ccccc4)cc3OCC2c2ccccc2)cc1. The quantitative estimate of drug-likeness (QED) is 0.126. The molecule has 5 rings (SSSR count). The molecule has 0 bridgehead atoms.